The van der Waals surface area contributed by atoms with Crippen molar-refractivity contribution < 1.29 is 24.4 Å². The molecule has 1 fully saturated rings. The van der Waals surface area contributed by atoms with Crippen molar-refractivity contribution in [3.63, 3.8) is 0 Å². The van der Waals surface area contributed by atoms with Gasteiger partial charge >= 0.3 is 5.97 Å². The second-order valence-electron chi connectivity index (χ2n) is 5.68. The molecule has 29 heavy (non-hydrogen) atoms. The SMILES string of the molecule is O=C(O)COc1ccc(/C=C2/SC(=S)N(Nc3ccc([N+](=O)[O-])cc3)C2=O)cc1. The summed E-state index contributed by atoms with van der Waals surface area (Å²) in [5.74, 6) is -1.03. The number of benzene rings is 2. The molecule has 0 bridgehead atoms. The Morgan fingerprint density at radius 2 is 1.90 bits per heavy atom. The topological polar surface area (TPSA) is 122 Å². The Hall–Kier alpha value is -3.44. The number of carbonyl (C=O) groups excluding carboxylic acids is 1. The Labute approximate surface area is 174 Å². The van der Waals surface area contributed by atoms with Crippen molar-refractivity contribution in [1.29, 1.82) is 0 Å². The number of aliphatic carboxylic acids is 1. The summed E-state index contributed by atoms with van der Waals surface area (Å²) in [6.07, 6.45) is 1.65. The minimum absolute atomic E-state index is 0.0587. The lowest BCUT2D eigenvalue weighted by molar-refractivity contribution is -0.384. The van der Waals surface area contributed by atoms with Crippen molar-refractivity contribution in [2.75, 3.05) is 12.0 Å². The monoisotopic (exact) mass is 431 g/mol. The molecule has 1 aliphatic rings. The third kappa shape index (κ3) is 5.09. The third-order valence-electron chi connectivity index (χ3n) is 3.65. The fourth-order valence-corrected chi connectivity index (χ4v) is 3.49. The van der Waals surface area contributed by atoms with E-state index in [1.807, 2.05) is 0 Å². The summed E-state index contributed by atoms with van der Waals surface area (Å²) < 4.78 is 5.36. The second kappa shape index (κ2) is 8.71. The lowest BCUT2D eigenvalue weighted by Gasteiger charge is -2.16. The largest absolute Gasteiger partial charge is 0.482 e. The molecule has 0 atom stereocenters. The number of thioether (sulfide) groups is 1. The number of hydrogen-bond donors (Lipinski definition) is 2. The summed E-state index contributed by atoms with van der Waals surface area (Å²) in [5, 5.41) is 20.5. The first-order valence-corrected chi connectivity index (χ1v) is 9.29. The maximum atomic E-state index is 12.6. The van der Waals surface area contributed by atoms with Crippen LogP contribution in [-0.2, 0) is 9.59 Å². The quantitative estimate of drug-likeness (QED) is 0.294. The van der Waals surface area contributed by atoms with Crippen LogP contribution in [0.4, 0.5) is 11.4 Å². The van der Waals surface area contributed by atoms with Crippen LogP contribution in [0, 0.1) is 10.1 Å². The van der Waals surface area contributed by atoms with Crippen LogP contribution in [0.15, 0.2) is 53.4 Å². The van der Waals surface area contributed by atoms with Crippen LogP contribution >= 0.6 is 24.0 Å². The number of carboxylic acids is 1. The van der Waals surface area contributed by atoms with Gasteiger partial charge in [0.1, 0.15) is 5.75 Å². The first kappa shape index (κ1) is 20.3. The molecular formula is C18H13N3O6S2. The van der Waals surface area contributed by atoms with Crippen LogP contribution in [0.3, 0.4) is 0 Å². The van der Waals surface area contributed by atoms with Crippen molar-refractivity contribution in [2.45, 2.75) is 0 Å². The van der Waals surface area contributed by atoms with Gasteiger partial charge in [0.25, 0.3) is 11.6 Å². The number of ether oxygens (including phenoxy) is 1. The number of rotatable bonds is 7. The minimum atomic E-state index is -1.07. The molecule has 1 aliphatic heterocycles. The van der Waals surface area contributed by atoms with E-state index in [1.165, 1.54) is 29.3 Å². The van der Waals surface area contributed by atoms with Gasteiger partial charge in [0.05, 0.1) is 15.5 Å². The first-order chi connectivity index (χ1) is 13.8. The highest BCUT2D eigenvalue weighted by molar-refractivity contribution is 8.26. The molecule has 2 aromatic carbocycles. The smallest absolute Gasteiger partial charge is 0.341 e. The Balaban J connectivity index is 1.69. The van der Waals surface area contributed by atoms with Crippen molar-refractivity contribution in [3.8, 4) is 5.75 Å². The second-order valence-corrected chi connectivity index (χ2v) is 7.36. The van der Waals surface area contributed by atoms with E-state index in [1.54, 1.807) is 30.3 Å². The number of amides is 1. The number of hydrazine groups is 1. The van der Waals surface area contributed by atoms with Crippen LogP contribution in [0.25, 0.3) is 6.08 Å². The number of nitro benzene ring substituents is 1. The molecule has 1 amide bonds. The number of carbonyl (C=O) groups is 2. The third-order valence-corrected chi connectivity index (χ3v) is 4.96. The Bertz CT molecular complexity index is 1010. The molecule has 3 rings (SSSR count). The zero-order valence-corrected chi connectivity index (χ0v) is 16.2. The Morgan fingerprint density at radius 1 is 1.24 bits per heavy atom. The molecule has 0 radical (unpaired) electrons. The fraction of sp³-hybridized carbons (Fsp3) is 0.0556. The first-order valence-electron chi connectivity index (χ1n) is 8.07. The van der Waals surface area contributed by atoms with Gasteiger partial charge in [-0.25, -0.2) is 9.80 Å². The van der Waals surface area contributed by atoms with Gasteiger partial charge in [0, 0.05) is 12.1 Å². The predicted molar refractivity (Wildman–Crippen MR) is 111 cm³/mol. The molecule has 9 nitrogen and oxygen atoms in total. The average molecular weight is 431 g/mol. The van der Waals surface area contributed by atoms with Crippen LogP contribution in [-0.4, -0.2) is 37.8 Å². The maximum Gasteiger partial charge on any atom is 0.341 e. The lowest BCUT2D eigenvalue weighted by atomic mass is 10.2. The molecule has 0 spiro atoms. The van der Waals surface area contributed by atoms with E-state index in [2.05, 4.69) is 5.43 Å². The Morgan fingerprint density at radius 3 is 2.48 bits per heavy atom. The van der Waals surface area contributed by atoms with Gasteiger partial charge in [0.15, 0.2) is 10.9 Å². The summed E-state index contributed by atoms with van der Waals surface area (Å²) in [4.78, 5) is 33.8. The standard InChI is InChI=1S/C18H13N3O6S2/c22-16(23)10-27-14-7-1-11(2-8-14)9-15-17(24)20(18(28)29-15)19-12-3-5-13(6-4-12)21(25)26/h1-9,19H,10H2,(H,22,23)/b15-9+. The Kier molecular flexibility index (Phi) is 6.10. The molecule has 0 unspecified atom stereocenters. The number of nitrogens with one attached hydrogen (secondary N) is 1. The molecule has 1 heterocycles. The average Bonchev–Trinajstić information content (AvgIpc) is 2.95. The minimum Gasteiger partial charge on any atom is -0.482 e. The van der Waals surface area contributed by atoms with Crippen LogP contribution in [0.1, 0.15) is 5.56 Å². The van der Waals surface area contributed by atoms with Crippen LogP contribution < -0.4 is 10.2 Å². The molecule has 148 valence electrons. The van der Waals surface area contributed by atoms with Gasteiger partial charge in [-0.2, -0.15) is 0 Å². The van der Waals surface area contributed by atoms with Gasteiger partial charge < -0.3 is 9.84 Å². The van der Waals surface area contributed by atoms with Gasteiger partial charge in [-0.1, -0.05) is 23.9 Å². The van der Waals surface area contributed by atoms with Crippen molar-refractivity contribution in [1.82, 2.24) is 5.01 Å². The number of thiocarbonyl (C=S) groups is 1. The number of nitro groups is 1. The van der Waals surface area contributed by atoms with E-state index in [0.717, 1.165) is 11.8 Å². The molecule has 11 heteroatoms. The van der Waals surface area contributed by atoms with E-state index in [0.29, 0.717) is 26.2 Å². The van der Waals surface area contributed by atoms with Gasteiger partial charge in [0.2, 0.25) is 0 Å². The summed E-state index contributed by atoms with van der Waals surface area (Å²) in [6.45, 7) is -0.438. The molecule has 0 saturated carbocycles. The molecule has 2 aromatic rings. The van der Waals surface area contributed by atoms with Gasteiger partial charge in [-0.05, 0) is 48.1 Å². The van der Waals surface area contributed by atoms with E-state index < -0.39 is 17.5 Å². The number of anilines is 1. The molecule has 0 aromatic heterocycles. The van der Waals surface area contributed by atoms with Crippen LogP contribution in [0.5, 0.6) is 5.75 Å². The molecule has 2 N–H and O–H groups in total. The number of nitrogens with zero attached hydrogens (tertiary/aromatic N) is 2. The van der Waals surface area contributed by atoms with Gasteiger partial charge in [-0.3, -0.25) is 20.3 Å². The lowest BCUT2D eigenvalue weighted by Crippen LogP contribution is -2.33. The number of carboxylic acid groups (broad SMARTS) is 1. The zero-order valence-electron chi connectivity index (χ0n) is 14.6. The van der Waals surface area contributed by atoms with Crippen LogP contribution in [0.2, 0.25) is 0 Å². The summed E-state index contributed by atoms with van der Waals surface area (Å²) >= 11 is 6.35. The normalized spacial score (nSPS) is 14.9. The molecule has 1 saturated heterocycles. The molecular weight excluding hydrogens is 418 g/mol. The molecule has 0 aliphatic carbocycles. The summed E-state index contributed by atoms with van der Waals surface area (Å²) in [6, 6.07) is 12.2. The zero-order chi connectivity index (χ0) is 21.0. The maximum absolute atomic E-state index is 12.6. The highest BCUT2D eigenvalue weighted by Crippen LogP contribution is 2.33. The fourth-order valence-electron chi connectivity index (χ4n) is 2.31. The highest BCUT2D eigenvalue weighted by Gasteiger charge is 2.32. The van der Waals surface area contributed by atoms with Crippen molar-refractivity contribution >= 4 is 57.6 Å². The predicted octanol–water partition coefficient (Wildman–Crippen LogP) is 3.29. The number of non-ortho nitro benzene ring substituents is 1. The van der Waals surface area contributed by atoms with E-state index in [-0.39, 0.29) is 11.6 Å². The number of hydrogen-bond acceptors (Lipinski definition) is 8. The highest BCUT2D eigenvalue weighted by atomic mass is 32.2. The summed E-state index contributed by atoms with van der Waals surface area (Å²) in [5.41, 5.74) is 3.97. The van der Waals surface area contributed by atoms with Crippen molar-refractivity contribution in [2.24, 2.45) is 0 Å². The van der Waals surface area contributed by atoms with Gasteiger partial charge in [-0.15, -0.1) is 0 Å². The summed E-state index contributed by atoms with van der Waals surface area (Å²) in [7, 11) is 0. The van der Waals surface area contributed by atoms with Crippen molar-refractivity contribution in [3.05, 3.63) is 69.1 Å². The van der Waals surface area contributed by atoms with E-state index in [9.17, 15) is 19.7 Å². The van der Waals surface area contributed by atoms with E-state index >= 15 is 0 Å². The van der Waals surface area contributed by atoms with E-state index in [4.69, 9.17) is 22.1 Å².